The summed E-state index contributed by atoms with van der Waals surface area (Å²) in [6, 6.07) is -0.445. The Morgan fingerprint density at radius 3 is 2.80 bits per heavy atom. The monoisotopic (exact) mass is 280 g/mol. The van der Waals surface area contributed by atoms with Gasteiger partial charge in [0.05, 0.1) is 5.69 Å². The zero-order valence-electron chi connectivity index (χ0n) is 12.0. The van der Waals surface area contributed by atoms with Crippen LogP contribution >= 0.6 is 0 Å². The first kappa shape index (κ1) is 14.5. The van der Waals surface area contributed by atoms with Crippen molar-refractivity contribution in [1.29, 1.82) is 0 Å². The third kappa shape index (κ3) is 3.16. The molecule has 110 valence electrons. The maximum atomic E-state index is 11.9. The lowest BCUT2D eigenvalue weighted by Crippen LogP contribution is -2.59. The fourth-order valence-corrected chi connectivity index (χ4v) is 2.46. The molecule has 2 rings (SSSR count). The molecule has 1 unspecified atom stereocenters. The maximum absolute atomic E-state index is 11.9. The number of oxazole rings is 1. The van der Waals surface area contributed by atoms with Crippen LogP contribution in [0.3, 0.4) is 0 Å². The molecule has 7 heteroatoms. The zero-order valence-corrected chi connectivity index (χ0v) is 12.0. The van der Waals surface area contributed by atoms with Gasteiger partial charge in [-0.3, -0.25) is 14.5 Å². The normalized spacial score (nSPS) is 19.9. The van der Waals surface area contributed by atoms with Gasteiger partial charge >= 0.3 is 0 Å². The quantitative estimate of drug-likeness (QED) is 0.827. The molecule has 0 radical (unpaired) electrons. The summed E-state index contributed by atoms with van der Waals surface area (Å²) < 4.78 is 5.18. The van der Waals surface area contributed by atoms with Gasteiger partial charge in [0.2, 0.25) is 11.8 Å². The molecule has 0 spiro atoms. The van der Waals surface area contributed by atoms with Crippen molar-refractivity contribution in [2.75, 3.05) is 26.7 Å². The van der Waals surface area contributed by atoms with E-state index in [1.165, 1.54) is 6.92 Å². The third-order valence-corrected chi connectivity index (χ3v) is 3.47. The Kier molecular flexibility index (Phi) is 4.39. The van der Waals surface area contributed by atoms with E-state index in [-0.39, 0.29) is 11.8 Å². The van der Waals surface area contributed by atoms with Gasteiger partial charge in [-0.25, -0.2) is 4.98 Å². The topological polar surface area (TPSA) is 78.7 Å². The van der Waals surface area contributed by atoms with Gasteiger partial charge in [-0.1, -0.05) is 0 Å². The molecular formula is C13H20N4O3. The van der Waals surface area contributed by atoms with Crippen LogP contribution in [0.25, 0.3) is 0 Å². The van der Waals surface area contributed by atoms with Crippen LogP contribution in [0.5, 0.6) is 0 Å². The van der Waals surface area contributed by atoms with Crippen molar-refractivity contribution in [2.45, 2.75) is 26.4 Å². The summed E-state index contributed by atoms with van der Waals surface area (Å²) in [4.78, 5) is 31.5. The van der Waals surface area contributed by atoms with Crippen molar-refractivity contribution in [3.05, 3.63) is 17.8 Å². The van der Waals surface area contributed by atoms with Crippen molar-refractivity contribution < 1.29 is 14.0 Å². The van der Waals surface area contributed by atoms with Gasteiger partial charge in [-0.2, -0.15) is 0 Å². The molecule has 20 heavy (non-hydrogen) atoms. The number of hydrogen-bond donors (Lipinski definition) is 1. The number of rotatable bonds is 3. The van der Waals surface area contributed by atoms with E-state index in [1.807, 2.05) is 0 Å². The minimum atomic E-state index is -0.445. The van der Waals surface area contributed by atoms with E-state index in [0.29, 0.717) is 25.5 Å². The Morgan fingerprint density at radius 2 is 2.25 bits per heavy atom. The molecule has 0 aromatic carbocycles. The molecule has 1 N–H and O–H groups in total. The maximum Gasteiger partial charge on any atom is 0.243 e. The van der Waals surface area contributed by atoms with Crippen molar-refractivity contribution in [2.24, 2.45) is 0 Å². The zero-order chi connectivity index (χ0) is 14.7. The first-order valence-corrected chi connectivity index (χ1v) is 6.63. The van der Waals surface area contributed by atoms with Gasteiger partial charge in [-0.15, -0.1) is 0 Å². The smallest absolute Gasteiger partial charge is 0.243 e. The van der Waals surface area contributed by atoms with Crippen LogP contribution in [0.1, 0.15) is 18.5 Å². The fraction of sp³-hybridized carbons (Fsp3) is 0.615. The summed E-state index contributed by atoms with van der Waals surface area (Å²) in [5.74, 6) is 0.419. The molecule has 0 saturated carbocycles. The number of nitrogens with one attached hydrogen (secondary N) is 1. The molecule has 1 aliphatic rings. The summed E-state index contributed by atoms with van der Waals surface area (Å²) in [6.07, 6.45) is 1.63. The number of aromatic nitrogens is 1. The highest BCUT2D eigenvalue weighted by atomic mass is 16.3. The van der Waals surface area contributed by atoms with Gasteiger partial charge in [0.1, 0.15) is 12.3 Å². The van der Waals surface area contributed by atoms with Crippen LogP contribution in [-0.4, -0.2) is 59.3 Å². The second-order valence-corrected chi connectivity index (χ2v) is 4.94. The highest BCUT2D eigenvalue weighted by Gasteiger charge is 2.33. The van der Waals surface area contributed by atoms with Gasteiger partial charge < -0.3 is 14.6 Å². The Morgan fingerprint density at radius 1 is 1.50 bits per heavy atom. The second-order valence-electron chi connectivity index (χ2n) is 4.94. The molecule has 0 aliphatic carbocycles. The van der Waals surface area contributed by atoms with Crippen molar-refractivity contribution in [3.63, 3.8) is 0 Å². The van der Waals surface area contributed by atoms with E-state index in [1.54, 1.807) is 25.1 Å². The Balaban J connectivity index is 2.04. The van der Waals surface area contributed by atoms with Crippen LogP contribution in [0.15, 0.2) is 10.7 Å². The SMILES string of the molecule is CNC(=O)C1CN(Cc2coc(C)n2)CCN1C(C)=O. The lowest BCUT2D eigenvalue weighted by atomic mass is 10.1. The molecule has 1 aliphatic heterocycles. The number of amides is 2. The molecular weight excluding hydrogens is 260 g/mol. The molecule has 7 nitrogen and oxygen atoms in total. The number of hydrogen-bond acceptors (Lipinski definition) is 5. The van der Waals surface area contributed by atoms with Crippen molar-refractivity contribution in [3.8, 4) is 0 Å². The van der Waals surface area contributed by atoms with Gasteiger partial charge in [0.15, 0.2) is 5.89 Å². The summed E-state index contributed by atoms with van der Waals surface area (Å²) >= 11 is 0. The van der Waals surface area contributed by atoms with Crippen LogP contribution < -0.4 is 5.32 Å². The van der Waals surface area contributed by atoms with Crippen molar-refractivity contribution in [1.82, 2.24) is 20.1 Å². The average molecular weight is 280 g/mol. The Bertz CT molecular complexity index is 500. The predicted octanol–water partition coefficient (Wildman–Crippen LogP) is -0.238. The van der Waals surface area contributed by atoms with E-state index < -0.39 is 6.04 Å². The highest BCUT2D eigenvalue weighted by Crippen LogP contribution is 2.13. The number of piperazine rings is 1. The summed E-state index contributed by atoms with van der Waals surface area (Å²) in [5.41, 5.74) is 0.842. The molecule has 1 saturated heterocycles. The lowest BCUT2D eigenvalue weighted by molar-refractivity contribution is -0.142. The molecule has 1 aromatic rings. The average Bonchev–Trinajstić information content (AvgIpc) is 2.82. The summed E-state index contributed by atoms with van der Waals surface area (Å²) in [5, 5.41) is 2.61. The molecule has 0 bridgehead atoms. The highest BCUT2D eigenvalue weighted by molar-refractivity contribution is 5.87. The Labute approximate surface area is 117 Å². The third-order valence-electron chi connectivity index (χ3n) is 3.47. The van der Waals surface area contributed by atoms with Crippen LogP contribution in [-0.2, 0) is 16.1 Å². The first-order valence-electron chi connectivity index (χ1n) is 6.63. The predicted molar refractivity (Wildman–Crippen MR) is 71.8 cm³/mol. The molecule has 2 heterocycles. The van der Waals surface area contributed by atoms with Crippen LogP contribution in [0.2, 0.25) is 0 Å². The standard InChI is InChI=1S/C13H20N4O3/c1-9-15-11(8-20-9)6-16-4-5-17(10(2)18)12(7-16)13(19)14-3/h8,12H,4-7H2,1-3H3,(H,14,19). The number of carbonyl (C=O) groups excluding carboxylic acids is 2. The minimum Gasteiger partial charge on any atom is -0.449 e. The molecule has 1 fully saturated rings. The molecule has 2 amide bonds. The largest absolute Gasteiger partial charge is 0.449 e. The molecule has 1 atom stereocenters. The molecule has 1 aromatic heterocycles. The Hall–Kier alpha value is -1.89. The van der Waals surface area contributed by atoms with Crippen LogP contribution in [0.4, 0.5) is 0 Å². The lowest BCUT2D eigenvalue weighted by Gasteiger charge is -2.39. The first-order chi connectivity index (χ1) is 9.51. The number of carbonyl (C=O) groups is 2. The number of nitrogens with zero attached hydrogens (tertiary/aromatic N) is 3. The second kappa shape index (κ2) is 6.04. The van der Waals surface area contributed by atoms with E-state index in [0.717, 1.165) is 12.2 Å². The summed E-state index contributed by atoms with van der Waals surface area (Å²) in [6.45, 7) is 5.68. The van der Waals surface area contributed by atoms with Gasteiger partial charge in [0.25, 0.3) is 0 Å². The van der Waals surface area contributed by atoms with E-state index in [2.05, 4.69) is 15.2 Å². The number of likely N-dealkylation sites (N-methyl/N-ethyl adjacent to an activating group) is 1. The van der Waals surface area contributed by atoms with E-state index in [9.17, 15) is 9.59 Å². The summed E-state index contributed by atoms with van der Waals surface area (Å²) in [7, 11) is 1.58. The van der Waals surface area contributed by atoms with Crippen LogP contribution in [0, 0.1) is 6.92 Å². The van der Waals surface area contributed by atoms with Gasteiger partial charge in [-0.05, 0) is 0 Å². The van der Waals surface area contributed by atoms with Gasteiger partial charge in [0, 0.05) is 47.1 Å². The minimum absolute atomic E-state index is 0.0736. The van der Waals surface area contributed by atoms with E-state index >= 15 is 0 Å². The van der Waals surface area contributed by atoms with E-state index in [4.69, 9.17) is 4.42 Å². The fourth-order valence-electron chi connectivity index (χ4n) is 2.46. The van der Waals surface area contributed by atoms with Crippen molar-refractivity contribution >= 4 is 11.8 Å². The number of aryl methyl sites for hydroxylation is 1.